The average molecular weight is 382 g/mol. The molecule has 0 atom stereocenters. The summed E-state index contributed by atoms with van der Waals surface area (Å²) in [4.78, 5) is 24.0. The number of nitrogens with one attached hydrogen (secondary N) is 1. The fourth-order valence-electron chi connectivity index (χ4n) is 2.35. The Balaban J connectivity index is 1.70. The monoisotopic (exact) mass is 382 g/mol. The molecule has 0 spiro atoms. The number of hydrazone groups is 1. The Morgan fingerprint density at radius 3 is 2.68 bits per heavy atom. The van der Waals surface area contributed by atoms with Gasteiger partial charge in [0.2, 0.25) is 5.76 Å². The Hall–Kier alpha value is -3.81. The lowest BCUT2D eigenvalue weighted by Gasteiger charge is -2.10. The fourth-order valence-corrected chi connectivity index (χ4v) is 2.35. The van der Waals surface area contributed by atoms with Crippen LogP contribution in [0.4, 0.5) is 0 Å². The van der Waals surface area contributed by atoms with Crippen LogP contribution in [0.5, 0.6) is 11.5 Å². The highest BCUT2D eigenvalue weighted by Crippen LogP contribution is 2.29. The zero-order valence-electron chi connectivity index (χ0n) is 15.3. The summed E-state index contributed by atoms with van der Waals surface area (Å²) in [6, 6.07) is 9.57. The maximum absolute atomic E-state index is 12.1. The molecule has 1 aromatic carbocycles. The Labute approximate surface area is 160 Å². The highest BCUT2D eigenvalue weighted by atomic mass is 16.6. The number of hydrogen-bond donors (Lipinski definition) is 1. The first-order valence-electron chi connectivity index (χ1n) is 8.48. The third-order valence-corrected chi connectivity index (χ3v) is 3.68. The van der Waals surface area contributed by atoms with Crippen molar-refractivity contribution < 1.29 is 27.9 Å². The number of esters is 1. The molecular weight excluding hydrogens is 364 g/mol. The summed E-state index contributed by atoms with van der Waals surface area (Å²) in [7, 11) is 0. The minimum atomic E-state index is -0.630. The molecule has 2 heterocycles. The van der Waals surface area contributed by atoms with Crippen LogP contribution in [-0.2, 0) is 0 Å². The highest BCUT2D eigenvalue weighted by molar-refractivity contribution is 5.95. The molecule has 0 radical (unpaired) electrons. The second-order valence-corrected chi connectivity index (χ2v) is 5.60. The molecule has 2 aromatic heterocycles. The van der Waals surface area contributed by atoms with E-state index >= 15 is 0 Å². The largest absolute Gasteiger partial charge is 0.490 e. The van der Waals surface area contributed by atoms with Gasteiger partial charge < -0.3 is 18.3 Å². The van der Waals surface area contributed by atoms with Crippen molar-refractivity contribution in [2.45, 2.75) is 13.8 Å². The van der Waals surface area contributed by atoms with Gasteiger partial charge in [0.1, 0.15) is 5.76 Å². The third kappa shape index (κ3) is 4.47. The molecular formula is C20H18N2O6. The first-order chi connectivity index (χ1) is 13.6. The molecule has 0 saturated heterocycles. The number of carbonyl (C=O) groups is 2. The zero-order valence-corrected chi connectivity index (χ0v) is 15.3. The molecule has 8 nitrogen and oxygen atoms in total. The van der Waals surface area contributed by atoms with Crippen LogP contribution in [0.15, 0.2) is 62.9 Å². The molecule has 0 fully saturated rings. The van der Waals surface area contributed by atoms with Gasteiger partial charge in [0.25, 0.3) is 5.91 Å². The number of nitrogens with zero attached hydrogens (tertiary/aromatic N) is 1. The number of ether oxygens (including phenoxy) is 2. The van der Waals surface area contributed by atoms with Crippen LogP contribution in [0.1, 0.15) is 39.2 Å². The third-order valence-electron chi connectivity index (χ3n) is 3.68. The van der Waals surface area contributed by atoms with Gasteiger partial charge in [0.05, 0.1) is 30.9 Å². The van der Waals surface area contributed by atoms with E-state index in [1.54, 1.807) is 37.3 Å². The van der Waals surface area contributed by atoms with E-state index in [4.69, 9.17) is 18.3 Å². The van der Waals surface area contributed by atoms with Gasteiger partial charge in [-0.1, -0.05) is 0 Å². The first kappa shape index (κ1) is 19.0. The number of benzene rings is 1. The van der Waals surface area contributed by atoms with E-state index in [9.17, 15) is 9.59 Å². The molecule has 144 valence electrons. The maximum atomic E-state index is 12.1. The lowest BCUT2D eigenvalue weighted by molar-refractivity contribution is 0.0695. The van der Waals surface area contributed by atoms with Crippen molar-refractivity contribution in [3.8, 4) is 11.5 Å². The maximum Gasteiger partial charge on any atom is 0.379 e. The van der Waals surface area contributed by atoms with E-state index in [2.05, 4.69) is 10.5 Å². The summed E-state index contributed by atoms with van der Waals surface area (Å²) in [5.41, 5.74) is 3.48. The van der Waals surface area contributed by atoms with E-state index in [1.807, 2.05) is 6.92 Å². The summed E-state index contributed by atoms with van der Waals surface area (Å²) in [6.07, 6.45) is 4.28. The Bertz CT molecular complexity index is 988. The predicted molar refractivity (Wildman–Crippen MR) is 99.8 cm³/mol. The average Bonchev–Trinajstić information content (AvgIpc) is 3.35. The lowest BCUT2D eigenvalue weighted by Crippen LogP contribution is -2.17. The first-order valence-corrected chi connectivity index (χ1v) is 8.48. The highest BCUT2D eigenvalue weighted by Gasteiger charge is 2.15. The van der Waals surface area contributed by atoms with Crippen molar-refractivity contribution in [2.75, 3.05) is 6.61 Å². The van der Waals surface area contributed by atoms with Gasteiger partial charge in [-0.05, 0) is 55.8 Å². The van der Waals surface area contributed by atoms with Crippen LogP contribution in [0.2, 0.25) is 0 Å². The Morgan fingerprint density at radius 2 is 2.00 bits per heavy atom. The van der Waals surface area contributed by atoms with Gasteiger partial charge in [0.15, 0.2) is 11.5 Å². The molecule has 1 N–H and O–H groups in total. The molecule has 3 aromatic rings. The van der Waals surface area contributed by atoms with Gasteiger partial charge in [-0.3, -0.25) is 4.79 Å². The smallest absolute Gasteiger partial charge is 0.379 e. The van der Waals surface area contributed by atoms with Crippen LogP contribution in [0, 0.1) is 6.92 Å². The van der Waals surface area contributed by atoms with Gasteiger partial charge >= 0.3 is 5.97 Å². The van der Waals surface area contributed by atoms with E-state index in [0.717, 1.165) is 0 Å². The second-order valence-electron chi connectivity index (χ2n) is 5.60. The summed E-state index contributed by atoms with van der Waals surface area (Å²) >= 11 is 0. The molecule has 1 amide bonds. The molecule has 28 heavy (non-hydrogen) atoms. The lowest BCUT2D eigenvalue weighted by atomic mass is 10.2. The van der Waals surface area contributed by atoms with Crippen LogP contribution >= 0.6 is 0 Å². The second kappa shape index (κ2) is 8.72. The molecule has 8 heteroatoms. The quantitative estimate of drug-likeness (QED) is 0.290. The van der Waals surface area contributed by atoms with Crippen molar-refractivity contribution in [1.82, 2.24) is 5.43 Å². The number of carbonyl (C=O) groups excluding carboxylic acids is 2. The van der Waals surface area contributed by atoms with Gasteiger partial charge in [-0.15, -0.1) is 0 Å². The molecule has 0 saturated carbocycles. The summed E-state index contributed by atoms with van der Waals surface area (Å²) < 4.78 is 21.0. The fraction of sp³-hybridized carbons (Fsp3) is 0.150. The van der Waals surface area contributed by atoms with E-state index < -0.39 is 5.97 Å². The summed E-state index contributed by atoms with van der Waals surface area (Å²) in [6.45, 7) is 3.88. The minimum Gasteiger partial charge on any atom is -0.490 e. The summed E-state index contributed by atoms with van der Waals surface area (Å²) in [5.74, 6) is 0.202. The Kier molecular flexibility index (Phi) is 5.91. The molecule has 0 aliphatic rings. The van der Waals surface area contributed by atoms with E-state index in [-0.39, 0.29) is 17.4 Å². The van der Waals surface area contributed by atoms with Crippen LogP contribution in [0.25, 0.3) is 0 Å². The normalized spacial score (nSPS) is 10.8. The number of aryl methyl sites for hydroxylation is 1. The minimum absolute atomic E-state index is 0.0883. The topological polar surface area (TPSA) is 103 Å². The molecule has 0 aliphatic carbocycles. The van der Waals surface area contributed by atoms with Crippen molar-refractivity contribution >= 4 is 18.1 Å². The summed E-state index contributed by atoms with van der Waals surface area (Å²) in [5, 5.41) is 3.93. The molecule has 0 bridgehead atoms. The van der Waals surface area contributed by atoms with Crippen LogP contribution < -0.4 is 14.9 Å². The van der Waals surface area contributed by atoms with Crippen LogP contribution in [0.3, 0.4) is 0 Å². The Morgan fingerprint density at radius 1 is 1.14 bits per heavy atom. The van der Waals surface area contributed by atoms with E-state index in [0.29, 0.717) is 29.2 Å². The molecule has 0 unspecified atom stereocenters. The van der Waals surface area contributed by atoms with Crippen molar-refractivity contribution in [2.24, 2.45) is 5.10 Å². The number of rotatable bonds is 7. The van der Waals surface area contributed by atoms with Gasteiger partial charge in [-0.25, -0.2) is 10.2 Å². The number of amides is 1. The number of furan rings is 2. The van der Waals surface area contributed by atoms with Crippen LogP contribution in [-0.4, -0.2) is 24.7 Å². The van der Waals surface area contributed by atoms with Crippen molar-refractivity contribution in [3.05, 3.63) is 71.6 Å². The van der Waals surface area contributed by atoms with E-state index in [1.165, 1.54) is 24.8 Å². The van der Waals surface area contributed by atoms with Gasteiger partial charge in [0, 0.05) is 0 Å². The van der Waals surface area contributed by atoms with Crippen molar-refractivity contribution in [1.29, 1.82) is 0 Å². The van der Waals surface area contributed by atoms with Gasteiger partial charge in [-0.2, -0.15) is 5.10 Å². The standard InChI is InChI=1S/C20H18N2O6/c1-3-25-18-11-14(12-21-22-19(23)15-8-10-26-13(15)2)6-7-16(18)28-20(24)17-5-4-9-27-17/h4-12H,3H2,1-2H3,(H,22,23). The molecule has 3 rings (SSSR count). The predicted octanol–water partition coefficient (Wildman–Crippen LogP) is 3.56. The zero-order chi connectivity index (χ0) is 19.9. The SMILES string of the molecule is CCOc1cc(C=NNC(=O)c2ccoc2C)ccc1OC(=O)c1ccco1. The molecule has 0 aliphatic heterocycles. The number of hydrogen-bond acceptors (Lipinski definition) is 7. The van der Waals surface area contributed by atoms with Crippen molar-refractivity contribution in [3.63, 3.8) is 0 Å².